The zero-order valence-electron chi connectivity index (χ0n) is 14.4. The van der Waals surface area contributed by atoms with E-state index in [9.17, 15) is 0 Å². The van der Waals surface area contributed by atoms with Crippen molar-refractivity contribution in [2.24, 2.45) is 5.10 Å². The third kappa shape index (κ3) is 6.51. The van der Waals surface area contributed by atoms with Crippen molar-refractivity contribution in [2.75, 3.05) is 5.32 Å². The standard InChI is InChI=1S/C21H18BrN3OS/c22-18-11-9-16(10-12-18)15-26-20-8-4-5-17(13-20)14-23-25-21(27)24-19-6-2-1-3-7-19/h1-14H,15H2,(H2,24,25,27). The summed E-state index contributed by atoms with van der Waals surface area (Å²) in [5, 5.41) is 7.66. The molecule has 0 atom stereocenters. The first kappa shape index (κ1) is 19.1. The molecular weight excluding hydrogens is 422 g/mol. The average Bonchev–Trinajstić information content (AvgIpc) is 2.69. The Labute approximate surface area is 172 Å². The summed E-state index contributed by atoms with van der Waals surface area (Å²) in [5.41, 5.74) is 5.74. The summed E-state index contributed by atoms with van der Waals surface area (Å²) >= 11 is 8.65. The van der Waals surface area contributed by atoms with Crippen LogP contribution in [0.15, 0.2) is 88.4 Å². The summed E-state index contributed by atoms with van der Waals surface area (Å²) in [6, 6.07) is 25.5. The van der Waals surface area contributed by atoms with Crippen molar-refractivity contribution in [2.45, 2.75) is 6.61 Å². The third-order valence-electron chi connectivity index (χ3n) is 3.59. The predicted molar refractivity (Wildman–Crippen MR) is 118 cm³/mol. The molecule has 0 unspecified atom stereocenters. The number of benzene rings is 3. The van der Waals surface area contributed by atoms with Gasteiger partial charge in [-0.25, -0.2) is 0 Å². The number of ether oxygens (including phenoxy) is 1. The van der Waals surface area contributed by atoms with Crippen LogP contribution < -0.4 is 15.5 Å². The van der Waals surface area contributed by atoms with E-state index in [0.717, 1.165) is 27.0 Å². The highest BCUT2D eigenvalue weighted by molar-refractivity contribution is 9.10. The Balaban J connectivity index is 1.51. The zero-order chi connectivity index (χ0) is 18.9. The lowest BCUT2D eigenvalue weighted by atomic mass is 10.2. The molecule has 27 heavy (non-hydrogen) atoms. The number of para-hydroxylation sites is 1. The Morgan fingerprint density at radius 2 is 1.78 bits per heavy atom. The molecule has 0 aromatic heterocycles. The third-order valence-corrected chi connectivity index (χ3v) is 4.31. The number of rotatable bonds is 6. The summed E-state index contributed by atoms with van der Waals surface area (Å²) in [6.07, 6.45) is 1.70. The minimum Gasteiger partial charge on any atom is -0.489 e. The van der Waals surface area contributed by atoms with Crippen molar-refractivity contribution >= 4 is 45.2 Å². The largest absolute Gasteiger partial charge is 0.489 e. The SMILES string of the molecule is S=C(NN=Cc1cccc(OCc2ccc(Br)cc2)c1)Nc1ccccc1. The lowest BCUT2D eigenvalue weighted by Gasteiger charge is -2.08. The smallest absolute Gasteiger partial charge is 0.191 e. The Bertz CT molecular complexity index is 914. The highest BCUT2D eigenvalue weighted by Crippen LogP contribution is 2.16. The monoisotopic (exact) mass is 439 g/mol. The highest BCUT2D eigenvalue weighted by atomic mass is 79.9. The average molecular weight is 440 g/mol. The van der Waals surface area contributed by atoms with Gasteiger partial charge in [-0.3, -0.25) is 5.43 Å². The van der Waals surface area contributed by atoms with Gasteiger partial charge in [-0.05, 0) is 59.7 Å². The molecule has 0 spiro atoms. The van der Waals surface area contributed by atoms with Gasteiger partial charge >= 0.3 is 0 Å². The molecule has 0 aliphatic heterocycles. The van der Waals surface area contributed by atoms with Crippen LogP contribution in [0.5, 0.6) is 5.75 Å². The predicted octanol–water partition coefficient (Wildman–Crippen LogP) is 5.35. The first-order chi connectivity index (χ1) is 13.2. The number of thiocarbonyl (C=S) groups is 1. The number of nitrogens with one attached hydrogen (secondary N) is 2. The van der Waals surface area contributed by atoms with Crippen LogP contribution in [0, 0.1) is 0 Å². The molecule has 0 fully saturated rings. The summed E-state index contributed by atoms with van der Waals surface area (Å²) in [4.78, 5) is 0. The van der Waals surface area contributed by atoms with Gasteiger partial charge in [0.2, 0.25) is 0 Å². The molecule has 2 N–H and O–H groups in total. The molecule has 0 aliphatic carbocycles. The molecule has 6 heteroatoms. The lowest BCUT2D eigenvalue weighted by Crippen LogP contribution is -2.23. The molecule has 0 saturated heterocycles. The molecule has 0 aliphatic rings. The fourth-order valence-electron chi connectivity index (χ4n) is 2.28. The fraction of sp³-hybridized carbons (Fsp3) is 0.0476. The van der Waals surface area contributed by atoms with Crippen LogP contribution >= 0.6 is 28.1 Å². The summed E-state index contributed by atoms with van der Waals surface area (Å²) in [7, 11) is 0. The van der Waals surface area contributed by atoms with Gasteiger partial charge in [0.1, 0.15) is 12.4 Å². The van der Waals surface area contributed by atoms with Crippen LogP contribution in [0.1, 0.15) is 11.1 Å². The van der Waals surface area contributed by atoms with Gasteiger partial charge in [0, 0.05) is 10.2 Å². The second-order valence-corrected chi connectivity index (χ2v) is 7.00. The summed E-state index contributed by atoms with van der Waals surface area (Å²) in [6.45, 7) is 0.511. The summed E-state index contributed by atoms with van der Waals surface area (Å²) in [5.74, 6) is 0.784. The second kappa shape index (κ2) is 9.85. The second-order valence-electron chi connectivity index (χ2n) is 5.68. The quantitative estimate of drug-likeness (QED) is 0.308. The van der Waals surface area contributed by atoms with E-state index >= 15 is 0 Å². The van der Waals surface area contributed by atoms with Gasteiger partial charge in [-0.1, -0.05) is 58.4 Å². The Hall–Kier alpha value is -2.70. The van der Waals surface area contributed by atoms with E-state index in [-0.39, 0.29) is 0 Å². The van der Waals surface area contributed by atoms with E-state index in [1.54, 1.807) is 6.21 Å². The molecule has 0 bridgehead atoms. The van der Waals surface area contributed by atoms with E-state index in [1.165, 1.54) is 0 Å². The van der Waals surface area contributed by atoms with E-state index in [2.05, 4.69) is 31.8 Å². The molecule has 136 valence electrons. The first-order valence-corrected chi connectivity index (χ1v) is 9.51. The van der Waals surface area contributed by atoms with Gasteiger partial charge in [-0.15, -0.1) is 0 Å². The highest BCUT2D eigenvalue weighted by Gasteiger charge is 1.98. The first-order valence-electron chi connectivity index (χ1n) is 8.31. The summed E-state index contributed by atoms with van der Waals surface area (Å²) < 4.78 is 6.90. The molecular formula is C21H18BrN3OS. The van der Waals surface area contributed by atoms with Crippen molar-refractivity contribution in [1.82, 2.24) is 5.43 Å². The van der Waals surface area contributed by atoms with Gasteiger partial charge in [0.05, 0.1) is 6.21 Å². The number of hydrogen-bond donors (Lipinski definition) is 2. The van der Waals surface area contributed by atoms with Crippen LogP contribution in [0.4, 0.5) is 5.69 Å². The van der Waals surface area contributed by atoms with Crippen molar-refractivity contribution < 1.29 is 4.74 Å². The van der Waals surface area contributed by atoms with Crippen molar-refractivity contribution in [3.8, 4) is 5.75 Å². The maximum Gasteiger partial charge on any atom is 0.191 e. The Kier molecular flexibility index (Phi) is 6.96. The number of hydrazone groups is 1. The van der Waals surface area contributed by atoms with Crippen LogP contribution in [0.25, 0.3) is 0 Å². The van der Waals surface area contributed by atoms with Gasteiger partial charge in [0.15, 0.2) is 5.11 Å². The van der Waals surface area contributed by atoms with Crippen molar-refractivity contribution in [1.29, 1.82) is 0 Å². The van der Waals surface area contributed by atoms with Crippen LogP contribution in [-0.4, -0.2) is 11.3 Å². The normalized spacial score (nSPS) is 10.6. The van der Waals surface area contributed by atoms with Crippen LogP contribution in [0.3, 0.4) is 0 Å². The van der Waals surface area contributed by atoms with E-state index in [4.69, 9.17) is 17.0 Å². The minimum atomic E-state index is 0.431. The molecule has 0 amide bonds. The maximum atomic E-state index is 5.84. The Morgan fingerprint density at radius 1 is 1.00 bits per heavy atom. The number of anilines is 1. The molecule has 4 nitrogen and oxygen atoms in total. The molecule has 3 aromatic carbocycles. The van der Waals surface area contributed by atoms with Crippen molar-refractivity contribution in [3.05, 3.63) is 94.5 Å². The molecule has 0 saturated carbocycles. The topological polar surface area (TPSA) is 45.7 Å². The van der Waals surface area contributed by atoms with E-state index < -0.39 is 0 Å². The number of halogens is 1. The molecule has 0 radical (unpaired) electrons. The van der Waals surface area contributed by atoms with Crippen LogP contribution in [-0.2, 0) is 6.61 Å². The molecule has 3 rings (SSSR count). The molecule has 0 heterocycles. The van der Waals surface area contributed by atoms with Crippen molar-refractivity contribution in [3.63, 3.8) is 0 Å². The van der Waals surface area contributed by atoms with Gasteiger partial charge in [-0.2, -0.15) is 5.10 Å². The molecule has 3 aromatic rings. The Morgan fingerprint density at radius 3 is 2.56 bits per heavy atom. The number of hydrogen-bond acceptors (Lipinski definition) is 3. The van der Waals surface area contributed by atoms with Gasteiger partial charge < -0.3 is 10.1 Å². The van der Waals surface area contributed by atoms with Crippen LogP contribution in [0.2, 0.25) is 0 Å². The van der Waals surface area contributed by atoms with E-state index in [1.807, 2.05) is 78.9 Å². The number of nitrogens with zero attached hydrogens (tertiary/aromatic N) is 1. The lowest BCUT2D eigenvalue weighted by molar-refractivity contribution is 0.306. The minimum absolute atomic E-state index is 0.431. The van der Waals surface area contributed by atoms with Gasteiger partial charge in [0.25, 0.3) is 0 Å². The zero-order valence-corrected chi connectivity index (χ0v) is 16.8. The van der Waals surface area contributed by atoms with E-state index in [0.29, 0.717) is 11.7 Å². The fourth-order valence-corrected chi connectivity index (χ4v) is 2.71. The maximum absolute atomic E-state index is 5.84.